The van der Waals surface area contributed by atoms with Crippen molar-refractivity contribution in [1.29, 1.82) is 5.26 Å². The van der Waals surface area contributed by atoms with E-state index in [1.54, 1.807) is 12.1 Å². The number of hydrogen-bond acceptors (Lipinski definition) is 6. The second kappa shape index (κ2) is 8.58. The van der Waals surface area contributed by atoms with Crippen LogP contribution in [0.15, 0.2) is 47.8 Å². The summed E-state index contributed by atoms with van der Waals surface area (Å²) in [7, 11) is 1.21. The third-order valence-corrected chi connectivity index (χ3v) is 4.86. The fourth-order valence-corrected chi connectivity index (χ4v) is 3.41. The van der Waals surface area contributed by atoms with Crippen LogP contribution in [0.4, 0.5) is 14.5 Å². The van der Waals surface area contributed by atoms with Crippen LogP contribution in [0, 0.1) is 23.0 Å². The predicted octanol–water partition coefficient (Wildman–Crippen LogP) is 4.12. The molecule has 146 valence electrons. The molecule has 0 saturated heterocycles. The molecule has 0 unspecified atom stereocenters. The first-order chi connectivity index (χ1) is 13.9. The minimum Gasteiger partial charge on any atom is -0.465 e. The number of hydrogen-bond donors (Lipinski definition) is 1. The molecular formula is C20H13F2N3O3S. The summed E-state index contributed by atoms with van der Waals surface area (Å²) in [6, 6.07) is 11.0. The van der Waals surface area contributed by atoms with Crippen LogP contribution in [-0.4, -0.2) is 24.0 Å². The Bertz CT molecular complexity index is 1120. The van der Waals surface area contributed by atoms with Crippen LogP contribution in [0.3, 0.4) is 0 Å². The van der Waals surface area contributed by atoms with E-state index in [1.165, 1.54) is 24.6 Å². The standard InChI is InChI=1S/C20H13F2N3O3S/c1-28-20(27)12-4-2-3-5-16(12)24-18(26)14(9-23)19-25-17(10-29-19)13-8-11(21)6-7-15(13)22/h2-8,10,14H,1H3,(H,24,26)/t14-/m1/s1. The molecule has 0 bridgehead atoms. The van der Waals surface area contributed by atoms with Crippen LogP contribution in [0.25, 0.3) is 11.3 Å². The van der Waals surface area contributed by atoms with Crippen LogP contribution in [0.2, 0.25) is 0 Å². The molecule has 6 nitrogen and oxygen atoms in total. The van der Waals surface area contributed by atoms with Gasteiger partial charge in [-0.2, -0.15) is 5.26 Å². The van der Waals surface area contributed by atoms with Gasteiger partial charge in [0.05, 0.1) is 30.1 Å². The van der Waals surface area contributed by atoms with Crippen LogP contribution < -0.4 is 5.32 Å². The highest BCUT2D eigenvalue weighted by molar-refractivity contribution is 7.10. The Morgan fingerprint density at radius 2 is 2.00 bits per heavy atom. The van der Waals surface area contributed by atoms with Crippen molar-refractivity contribution in [3.63, 3.8) is 0 Å². The summed E-state index contributed by atoms with van der Waals surface area (Å²) in [5.74, 6) is -3.98. The number of ether oxygens (including phenoxy) is 1. The Kier molecular flexibility index (Phi) is 5.95. The number of para-hydroxylation sites is 1. The van der Waals surface area contributed by atoms with Crippen molar-refractivity contribution in [3.8, 4) is 17.3 Å². The van der Waals surface area contributed by atoms with Gasteiger partial charge in [0.2, 0.25) is 5.91 Å². The third-order valence-electron chi connectivity index (χ3n) is 3.95. The Morgan fingerprint density at radius 1 is 1.24 bits per heavy atom. The van der Waals surface area contributed by atoms with Gasteiger partial charge in [0.15, 0.2) is 5.92 Å². The lowest BCUT2D eigenvalue weighted by Crippen LogP contribution is -2.21. The summed E-state index contributed by atoms with van der Waals surface area (Å²) in [4.78, 5) is 28.6. The zero-order valence-corrected chi connectivity index (χ0v) is 15.8. The van der Waals surface area contributed by atoms with Gasteiger partial charge in [0.1, 0.15) is 16.6 Å². The Balaban J connectivity index is 1.87. The van der Waals surface area contributed by atoms with Gasteiger partial charge < -0.3 is 10.1 Å². The fourth-order valence-electron chi connectivity index (χ4n) is 2.55. The summed E-state index contributed by atoms with van der Waals surface area (Å²) in [5, 5.41) is 13.5. The van der Waals surface area contributed by atoms with Crippen molar-refractivity contribution in [1.82, 2.24) is 4.98 Å². The molecule has 1 heterocycles. The summed E-state index contributed by atoms with van der Waals surface area (Å²) in [6.07, 6.45) is 0. The minimum atomic E-state index is -1.31. The average molecular weight is 413 g/mol. The molecule has 0 aliphatic heterocycles. The largest absolute Gasteiger partial charge is 0.465 e. The van der Waals surface area contributed by atoms with Gasteiger partial charge in [-0.05, 0) is 30.3 Å². The first-order valence-electron chi connectivity index (χ1n) is 8.23. The molecule has 0 spiro atoms. The number of nitrogens with zero attached hydrogens (tertiary/aromatic N) is 2. The van der Waals surface area contributed by atoms with Crippen LogP contribution in [0.5, 0.6) is 0 Å². The number of esters is 1. The highest BCUT2D eigenvalue weighted by atomic mass is 32.1. The van der Waals surface area contributed by atoms with E-state index in [1.807, 2.05) is 6.07 Å². The number of halogens is 2. The van der Waals surface area contributed by atoms with Crippen molar-refractivity contribution in [2.45, 2.75) is 5.92 Å². The van der Waals surface area contributed by atoms with Crippen molar-refractivity contribution >= 4 is 28.9 Å². The number of carbonyl (C=O) groups excluding carboxylic acids is 2. The molecule has 0 fully saturated rings. The smallest absolute Gasteiger partial charge is 0.339 e. The van der Waals surface area contributed by atoms with E-state index in [-0.39, 0.29) is 27.5 Å². The van der Waals surface area contributed by atoms with E-state index >= 15 is 0 Å². The molecule has 9 heteroatoms. The third kappa shape index (κ3) is 4.28. The first-order valence-corrected chi connectivity index (χ1v) is 9.11. The number of rotatable bonds is 5. The van der Waals surface area contributed by atoms with Crippen molar-refractivity contribution in [2.24, 2.45) is 0 Å². The molecule has 1 atom stereocenters. The Hall–Kier alpha value is -3.64. The molecule has 3 rings (SSSR count). The molecule has 2 aromatic carbocycles. The van der Waals surface area contributed by atoms with E-state index in [0.717, 1.165) is 29.5 Å². The predicted molar refractivity (Wildman–Crippen MR) is 102 cm³/mol. The normalized spacial score (nSPS) is 11.4. The number of benzene rings is 2. The first kappa shape index (κ1) is 20.1. The monoisotopic (exact) mass is 413 g/mol. The average Bonchev–Trinajstić information content (AvgIpc) is 3.19. The maximum Gasteiger partial charge on any atom is 0.339 e. The molecule has 0 saturated carbocycles. The number of anilines is 1. The zero-order valence-electron chi connectivity index (χ0n) is 15.0. The number of thiazole rings is 1. The lowest BCUT2D eigenvalue weighted by molar-refractivity contribution is -0.116. The molecule has 3 aromatic rings. The summed E-state index contributed by atoms with van der Waals surface area (Å²) in [5.41, 5.74) is 0.352. The van der Waals surface area contributed by atoms with E-state index in [0.29, 0.717) is 0 Å². The van der Waals surface area contributed by atoms with Crippen molar-refractivity contribution in [3.05, 3.63) is 70.1 Å². The summed E-state index contributed by atoms with van der Waals surface area (Å²) >= 11 is 0.970. The Labute approximate surface area is 168 Å². The van der Waals surface area contributed by atoms with Gasteiger partial charge in [-0.25, -0.2) is 18.6 Å². The van der Waals surface area contributed by atoms with Crippen LogP contribution in [0.1, 0.15) is 21.3 Å². The SMILES string of the molecule is COC(=O)c1ccccc1NC(=O)[C@@H](C#N)c1nc(-c2cc(F)ccc2F)cs1. The second-order valence-electron chi connectivity index (χ2n) is 5.78. The number of amides is 1. The molecule has 29 heavy (non-hydrogen) atoms. The maximum atomic E-state index is 14.0. The van der Waals surface area contributed by atoms with E-state index < -0.39 is 29.4 Å². The van der Waals surface area contributed by atoms with E-state index in [4.69, 9.17) is 0 Å². The molecular weight excluding hydrogens is 400 g/mol. The van der Waals surface area contributed by atoms with Gasteiger partial charge in [-0.15, -0.1) is 11.3 Å². The molecule has 1 amide bonds. The molecule has 1 aromatic heterocycles. The summed E-state index contributed by atoms with van der Waals surface area (Å²) in [6.45, 7) is 0. The molecule has 0 aliphatic rings. The van der Waals surface area contributed by atoms with Crippen LogP contribution >= 0.6 is 11.3 Å². The van der Waals surface area contributed by atoms with Gasteiger partial charge in [0.25, 0.3) is 0 Å². The van der Waals surface area contributed by atoms with Gasteiger partial charge in [-0.1, -0.05) is 12.1 Å². The van der Waals surface area contributed by atoms with E-state index in [9.17, 15) is 23.6 Å². The second-order valence-corrected chi connectivity index (χ2v) is 6.67. The van der Waals surface area contributed by atoms with Crippen molar-refractivity contribution < 1.29 is 23.1 Å². The van der Waals surface area contributed by atoms with Gasteiger partial charge >= 0.3 is 5.97 Å². The zero-order chi connectivity index (χ0) is 21.0. The van der Waals surface area contributed by atoms with Crippen LogP contribution in [-0.2, 0) is 9.53 Å². The Morgan fingerprint density at radius 3 is 2.72 bits per heavy atom. The maximum absolute atomic E-state index is 14.0. The van der Waals surface area contributed by atoms with E-state index in [2.05, 4.69) is 15.0 Å². The summed E-state index contributed by atoms with van der Waals surface area (Å²) < 4.78 is 32.1. The highest BCUT2D eigenvalue weighted by Crippen LogP contribution is 2.29. The molecule has 0 radical (unpaired) electrons. The number of nitriles is 1. The fraction of sp³-hybridized carbons (Fsp3) is 0.100. The molecule has 1 N–H and O–H groups in total. The van der Waals surface area contributed by atoms with Crippen molar-refractivity contribution in [2.75, 3.05) is 12.4 Å². The highest BCUT2D eigenvalue weighted by Gasteiger charge is 2.26. The number of carbonyl (C=O) groups is 2. The minimum absolute atomic E-state index is 0.0689. The molecule has 0 aliphatic carbocycles. The number of nitrogens with one attached hydrogen (secondary N) is 1. The topological polar surface area (TPSA) is 92.1 Å². The lowest BCUT2D eigenvalue weighted by atomic mass is 10.1. The van der Waals surface area contributed by atoms with Gasteiger partial charge in [-0.3, -0.25) is 4.79 Å². The van der Waals surface area contributed by atoms with Gasteiger partial charge in [0, 0.05) is 10.9 Å². The number of aromatic nitrogens is 1. The number of methoxy groups -OCH3 is 1. The lowest BCUT2D eigenvalue weighted by Gasteiger charge is -2.11. The quantitative estimate of drug-likeness (QED) is 0.635.